The Kier molecular flexibility index (Phi) is 3.56. The molecule has 0 saturated carbocycles. The maximum atomic E-state index is 12.0. The summed E-state index contributed by atoms with van der Waals surface area (Å²) in [5.41, 5.74) is 0.585. The molecule has 2 N–H and O–H groups in total. The smallest absolute Gasteiger partial charge is 0.271 e. The molecule has 1 saturated heterocycles. The predicted octanol–water partition coefficient (Wildman–Crippen LogP) is 0.624. The van der Waals surface area contributed by atoms with Crippen LogP contribution in [-0.4, -0.2) is 46.7 Å². The standard InChI is InChI=1S/C11H18N4O/c1-2-12-9-4-7-15(8-5-9)11(16)10-3-6-13-14-10/h3,6,9,12H,2,4-5,7-8H2,1H3,(H,13,14). The molecule has 1 amide bonds. The number of nitrogens with one attached hydrogen (secondary N) is 2. The molecule has 1 aliphatic heterocycles. The lowest BCUT2D eigenvalue weighted by Crippen LogP contribution is -2.44. The van der Waals surface area contributed by atoms with Crippen LogP contribution >= 0.6 is 0 Å². The zero-order valence-corrected chi connectivity index (χ0v) is 9.57. The van der Waals surface area contributed by atoms with Crippen LogP contribution in [0.25, 0.3) is 0 Å². The van der Waals surface area contributed by atoms with Crippen LogP contribution in [0.15, 0.2) is 12.3 Å². The van der Waals surface area contributed by atoms with Gasteiger partial charge >= 0.3 is 0 Å². The number of carbonyl (C=O) groups is 1. The van der Waals surface area contributed by atoms with Gasteiger partial charge in [0.15, 0.2) is 0 Å². The molecule has 5 nitrogen and oxygen atoms in total. The van der Waals surface area contributed by atoms with Crippen molar-refractivity contribution < 1.29 is 4.79 Å². The summed E-state index contributed by atoms with van der Waals surface area (Å²) in [6, 6.07) is 2.29. The van der Waals surface area contributed by atoms with E-state index in [0.717, 1.165) is 32.5 Å². The molecule has 1 aromatic heterocycles. The number of piperidine rings is 1. The SMILES string of the molecule is CCNC1CCN(C(=O)c2ccn[nH]2)CC1. The van der Waals surface area contributed by atoms with Gasteiger partial charge in [0, 0.05) is 25.3 Å². The average molecular weight is 222 g/mol. The van der Waals surface area contributed by atoms with Crippen molar-refractivity contribution >= 4 is 5.91 Å². The number of likely N-dealkylation sites (tertiary alicyclic amines) is 1. The summed E-state index contributed by atoms with van der Waals surface area (Å²) in [6.07, 6.45) is 3.68. The van der Waals surface area contributed by atoms with E-state index in [1.165, 1.54) is 0 Å². The highest BCUT2D eigenvalue weighted by molar-refractivity contribution is 5.92. The Morgan fingerprint density at radius 3 is 2.94 bits per heavy atom. The van der Waals surface area contributed by atoms with Crippen LogP contribution in [-0.2, 0) is 0 Å². The average Bonchev–Trinajstić information content (AvgIpc) is 2.83. The van der Waals surface area contributed by atoms with E-state index >= 15 is 0 Å². The molecule has 0 spiro atoms. The molecule has 2 rings (SSSR count). The van der Waals surface area contributed by atoms with Crippen LogP contribution in [0.3, 0.4) is 0 Å². The fourth-order valence-corrected chi connectivity index (χ4v) is 2.12. The summed E-state index contributed by atoms with van der Waals surface area (Å²) in [4.78, 5) is 13.8. The molecular weight excluding hydrogens is 204 g/mol. The van der Waals surface area contributed by atoms with Gasteiger partial charge in [0.25, 0.3) is 5.91 Å². The van der Waals surface area contributed by atoms with Crippen molar-refractivity contribution in [2.24, 2.45) is 0 Å². The number of amides is 1. The lowest BCUT2D eigenvalue weighted by Gasteiger charge is -2.32. The minimum Gasteiger partial charge on any atom is -0.337 e. The molecular formula is C11H18N4O. The Morgan fingerprint density at radius 2 is 2.38 bits per heavy atom. The largest absolute Gasteiger partial charge is 0.337 e. The molecule has 2 heterocycles. The molecule has 1 aliphatic rings. The first-order valence-electron chi connectivity index (χ1n) is 5.83. The molecule has 0 aromatic carbocycles. The van der Waals surface area contributed by atoms with Gasteiger partial charge in [-0.2, -0.15) is 5.10 Å². The lowest BCUT2D eigenvalue weighted by molar-refractivity contribution is 0.0700. The van der Waals surface area contributed by atoms with Crippen LogP contribution in [0.2, 0.25) is 0 Å². The van der Waals surface area contributed by atoms with Gasteiger partial charge in [0.1, 0.15) is 5.69 Å². The number of aromatic nitrogens is 2. The van der Waals surface area contributed by atoms with Crippen LogP contribution in [0.5, 0.6) is 0 Å². The number of nitrogens with zero attached hydrogens (tertiary/aromatic N) is 2. The highest BCUT2D eigenvalue weighted by Gasteiger charge is 2.23. The summed E-state index contributed by atoms with van der Waals surface area (Å²) in [5.74, 6) is 0.0625. The topological polar surface area (TPSA) is 61.0 Å². The molecule has 0 unspecified atom stereocenters. The minimum atomic E-state index is 0.0625. The van der Waals surface area contributed by atoms with Gasteiger partial charge in [-0.25, -0.2) is 0 Å². The van der Waals surface area contributed by atoms with Gasteiger partial charge in [0.05, 0.1) is 0 Å². The molecule has 0 aliphatic carbocycles. The van der Waals surface area contributed by atoms with Crippen LogP contribution < -0.4 is 5.32 Å². The van der Waals surface area contributed by atoms with Crippen molar-refractivity contribution in [1.82, 2.24) is 20.4 Å². The quantitative estimate of drug-likeness (QED) is 0.788. The van der Waals surface area contributed by atoms with Crippen molar-refractivity contribution in [2.75, 3.05) is 19.6 Å². The Balaban J connectivity index is 1.87. The van der Waals surface area contributed by atoms with E-state index in [0.29, 0.717) is 11.7 Å². The first-order chi connectivity index (χ1) is 7.81. The van der Waals surface area contributed by atoms with Gasteiger partial charge in [-0.15, -0.1) is 0 Å². The van der Waals surface area contributed by atoms with Crippen molar-refractivity contribution in [3.63, 3.8) is 0 Å². The van der Waals surface area contributed by atoms with E-state index in [4.69, 9.17) is 0 Å². The summed E-state index contributed by atoms with van der Waals surface area (Å²) in [7, 11) is 0. The molecule has 1 fully saturated rings. The Bertz CT molecular complexity index is 328. The normalized spacial score (nSPS) is 17.7. The van der Waals surface area contributed by atoms with Gasteiger partial charge in [0.2, 0.25) is 0 Å². The van der Waals surface area contributed by atoms with E-state index in [-0.39, 0.29) is 5.91 Å². The van der Waals surface area contributed by atoms with Crippen molar-refractivity contribution in [1.29, 1.82) is 0 Å². The van der Waals surface area contributed by atoms with Crippen LogP contribution in [0.4, 0.5) is 0 Å². The molecule has 0 radical (unpaired) electrons. The van der Waals surface area contributed by atoms with E-state index < -0.39 is 0 Å². The highest BCUT2D eigenvalue weighted by atomic mass is 16.2. The molecule has 1 aromatic rings. The molecule has 88 valence electrons. The Labute approximate surface area is 95.2 Å². The van der Waals surface area contributed by atoms with Crippen LogP contribution in [0, 0.1) is 0 Å². The monoisotopic (exact) mass is 222 g/mol. The van der Waals surface area contributed by atoms with Crippen LogP contribution in [0.1, 0.15) is 30.3 Å². The van der Waals surface area contributed by atoms with Crippen molar-refractivity contribution in [2.45, 2.75) is 25.8 Å². The van der Waals surface area contributed by atoms with Gasteiger partial charge < -0.3 is 10.2 Å². The molecule has 0 atom stereocenters. The minimum absolute atomic E-state index is 0.0625. The third-order valence-corrected chi connectivity index (χ3v) is 3.01. The number of aromatic amines is 1. The summed E-state index contributed by atoms with van der Waals surface area (Å²) in [5, 5.41) is 9.93. The maximum absolute atomic E-state index is 12.0. The zero-order chi connectivity index (χ0) is 11.4. The molecule has 0 bridgehead atoms. The second-order valence-corrected chi connectivity index (χ2v) is 4.09. The number of rotatable bonds is 3. The van der Waals surface area contributed by atoms with E-state index in [2.05, 4.69) is 22.4 Å². The highest BCUT2D eigenvalue weighted by Crippen LogP contribution is 2.12. The zero-order valence-electron chi connectivity index (χ0n) is 9.57. The van der Waals surface area contributed by atoms with E-state index in [1.807, 2.05) is 4.90 Å². The van der Waals surface area contributed by atoms with Gasteiger partial charge in [-0.3, -0.25) is 9.89 Å². The van der Waals surface area contributed by atoms with E-state index in [9.17, 15) is 4.79 Å². The summed E-state index contributed by atoms with van der Waals surface area (Å²) >= 11 is 0. The number of hydrogen-bond acceptors (Lipinski definition) is 3. The van der Waals surface area contributed by atoms with E-state index in [1.54, 1.807) is 12.3 Å². The van der Waals surface area contributed by atoms with Crippen molar-refractivity contribution in [3.05, 3.63) is 18.0 Å². The van der Waals surface area contributed by atoms with Gasteiger partial charge in [-0.1, -0.05) is 6.92 Å². The van der Waals surface area contributed by atoms with Gasteiger partial charge in [-0.05, 0) is 25.5 Å². The maximum Gasteiger partial charge on any atom is 0.271 e. The third kappa shape index (κ3) is 2.41. The fraction of sp³-hybridized carbons (Fsp3) is 0.636. The number of H-pyrrole nitrogens is 1. The molecule has 5 heteroatoms. The van der Waals surface area contributed by atoms with Crippen molar-refractivity contribution in [3.8, 4) is 0 Å². The first kappa shape index (κ1) is 11.1. The summed E-state index contributed by atoms with van der Waals surface area (Å²) in [6.45, 7) is 4.77. The fourth-order valence-electron chi connectivity index (χ4n) is 2.12. The predicted molar refractivity (Wildman–Crippen MR) is 61.2 cm³/mol. The lowest BCUT2D eigenvalue weighted by atomic mass is 10.0. The Hall–Kier alpha value is -1.36. The number of hydrogen-bond donors (Lipinski definition) is 2. The molecule has 16 heavy (non-hydrogen) atoms. The second kappa shape index (κ2) is 5.12. The number of carbonyl (C=O) groups excluding carboxylic acids is 1. The summed E-state index contributed by atoms with van der Waals surface area (Å²) < 4.78 is 0. The first-order valence-corrected chi connectivity index (χ1v) is 5.83. The Morgan fingerprint density at radius 1 is 1.62 bits per heavy atom. The third-order valence-electron chi connectivity index (χ3n) is 3.01. The second-order valence-electron chi connectivity index (χ2n) is 4.09.